The molecule has 0 aromatic heterocycles. The monoisotopic (exact) mass is 209 g/mol. The Hall–Kier alpha value is -0.260. The Morgan fingerprint density at radius 3 is 2.79 bits per heavy atom. The van der Waals surface area contributed by atoms with Crippen molar-refractivity contribution in [1.82, 2.24) is 5.32 Å². The van der Waals surface area contributed by atoms with Crippen molar-refractivity contribution in [2.24, 2.45) is 0 Å². The minimum Gasteiger partial charge on any atom is -0.373 e. The minimum atomic E-state index is -2.38. The van der Waals surface area contributed by atoms with Gasteiger partial charge < -0.3 is 14.8 Å². The van der Waals surface area contributed by atoms with Crippen LogP contribution in [0.2, 0.25) is 0 Å². The van der Waals surface area contributed by atoms with E-state index in [0.29, 0.717) is 0 Å². The second-order valence-corrected chi connectivity index (χ2v) is 3.44. The lowest BCUT2D eigenvalue weighted by molar-refractivity contribution is -0.0431. The molecule has 0 aromatic rings. The second-order valence-electron chi connectivity index (χ2n) is 3.44. The van der Waals surface area contributed by atoms with Gasteiger partial charge in [0.05, 0.1) is 18.8 Å². The molecule has 1 fully saturated rings. The standard InChI is InChI=1S/C9H17F2NO2/c1-12-4-7-2-3-8(14-7)5-13-6-9(10)11/h7-9,12H,2-6H2,1H3. The van der Waals surface area contributed by atoms with Crippen LogP contribution in [0.4, 0.5) is 8.78 Å². The number of alkyl halides is 2. The molecule has 2 unspecified atom stereocenters. The van der Waals surface area contributed by atoms with Gasteiger partial charge in [-0.25, -0.2) is 8.78 Å². The summed E-state index contributed by atoms with van der Waals surface area (Å²) in [5.74, 6) is 0. The molecule has 0 spiro atoms. The first-order valence-corrected chi connectivity index (χ1v) is 4.88. The van der Waals surface area contributed by atoms with Crippen LogP contribution < -0.4 is 5.32 Å². The fourth-order valence-electron chi connectivity index (χ4n) is 1.57. The maximum atomic E-state index is 11.7. The topological polar surface area (TPSA) is 30.5 Å². The summed E-state index contributed by atoms with van der Waals surface area (Å²) in [4.78, 5) is 0. The number of ether oxygens (including phenoxy) is 2. The van der Waals surface area contributed by atoms with Crippen molar-refractivity contribution < 1.29 is 18.3 Å². The number of rotatable bonds is 6. The summed E-state index contributed by atoms with van der Waals surface area (Å²) >= 11 is 0. The number of halogens is 2. The van der Waals surface area contributed by atoms with E-state index in [4.69, 9.17) is 9.47 Å². The van der Waals surface area contributed by atoms with Crippen LogP contribution >= 0.6 is 0 Å². The molecule has 0 aliphatic carbocycles. The lowest BCUT2D eigenvalue weighted by atomic mass is 10.2. The smallest absolute Gasteiger partial charge is 0.261 e. The molecule has 1 saturated heterocycles. The first-order chi connectivity index (χ1) is 6.72. The van der Waals surface area contributed by atoms with Crippen LogP contribution in [0.3, 0.4) is 0 Å². The molecule has 0 bridgehead atoms. The number of hydrogen-bond donors (Lipinski definition) is 1. The lowest BCUT2D eigenvalue weighted by Gasteiger charge is -2.13. The van der Waals surface area contributed by atoms with E-state index in [-0.39, 0.29) is 18.8 Å². The highest BCUT2D eigenvalue weighted by Crippen LogP contribution is 2.19. The van der Waals surface area contributed by atoms with Crippen molar-refractivity contribution in [3.8, 4) is 0 Å². The van der Waals surface area contributed by atoms with E-state index in [1.807, 2.05) is 7.05 Å². The van der Waals surface area contributed by atoms with E-state index in [2.05, 4.69) is 5.32 Å². The van der Waals surface area contributed by atoms with E-state index in [1.54, 1.807) is 0 Å². The van der Waals surface area contributed by atoms with Crippen molar-refractivity contribution in [3.63, 3.8) is 0 Å². The van der Waals surface area contributed by atoms with Crippen LogP contribution in [0, 0.1) is 0 Å². The maximum absolute atomic E-state index is 11.7. The first-order valence-electron chi connectivity index (χ1n) is 4.88. The zero-order valence-corrected chi connectivity index (χ0v) is 8.34. The molecule has 5 heteroatoms. The zero-order valence-electron chi connectivity index (χ0n) is 8.34. The number of nitrogens with one attached hydrogen (secondary N) is 1. The van der Waals surface area contributed by atoms with Gasteiger partial charge in [0.2, 0.25) is 0 Å². The van der Waals surface area contributed by atoms with E-state index in [1.165, 1.54) is 0 Å². The number of hydrogen-bond acceptors (Lipinski definition) is 3. The predicted octanol–water partition coefficient (Wildman–Crippen LogP) is 1.04. The molecule has 14 heavy (non-hydrogen) atoms. The molecular formula is C9H17F2NO2. The predicted molar refractivity (Wildman–Crippen MR) is 48.6 cm³/mol. The van der Waals surface area contributed by atoms with Gasteiger partial charge in [-0.05, 0) is 19.9 Å². The van der Waals surface area contributed by atoms with Gasteiger partial charge in [0.15, 0.2) is 0 Å². The Balaban J connectivity index is 2.04. The highest BCUT2D eigenvalue weighted by atomic mass is 19.3. The van der Waals surface area contributed by atoms with Gasteiger partial charge in [0.25, 0.3) is 6.43 Å². The molecule has 1 N–H and O–H groups in total. The largest absolute Gasteiger partial charge is 0.373 e. The van der Waals surface area contributed by atoms with Crippen LogP contribution in [-0.4, -0.2) is 45.4 Å². The molecule has 1 aliphatic heterocycles. The van der Waals surface area contributed by atoms with Gasteiger partial charge >= 0.3 is 0 Å². The summed E-state index contributed by atoms with van der Waals surface area (Å²) in [6.45, 7) is 0.604. The normalized spacial score (nSPS) is 27.4. The Kier molecular flexibility index (Phi) is 5.29. The summed E-state index contributed by atoms with van der Waals surface area (Å²) in [6, 6.07) is 0. The zero-order chi connectivity index (χ0) is 10.4. The van der Waals surface area contributed by atoms with E-state index in [9.17, 15) is 8.78 Å². The molecule has 0 aromatic carbocycles. The SMILES string of the molecule is CNCC1CCC(COCC(F)F)O1. The minimum absolute atomic E-state index is 0.00731. The molecule has 0 radical (unpaired) electrons. The van der Waals surface area contributed by atoms with Crippen LogP contribution in [0.25, 0.3) is 0 Å². The van der Waals surface area contributed by atoms with Crippen LogP contribution in [-0.2, 0) is 9.47 Å². The second kappa shape index (κ2) is 6.27. The third kappa shape index (κ3) is 4.30. The van der Waals surface area contributed by atoms with Crippen LogP contribution in [0.1, 0.15) is 12.8 Å². The molecule has 84 valence electrons. The highest BCUT2D eigenvalue weighted by Gasteiger charge is 2.24. The Bertz CT molecular complexity index is 158. The summed E-state index contributed by atoms with van der Waals surface area (Å²) in [5, 5.41) is 3.02. The quantitative estimate of drug-likeness (QED) is 0.709. The fourth-order valence-corrected chi connectivity index (χ4v) is 1.57. The lowest BCUT2D eigenvalue weighted by Crippen LogP contribution is -2.25. The summed E-state index contributed by atoms with van der Waals surface area (Å²) in [7, 11) is 1.87. The van der Waals surface area contributed by atoms with Gasteiger partial charge in [-0.15, -0.1) is 0 Å². The van der Waals surface area contributed by atoms with Gasteiger partial charge in [-0.3, -0.25) is 0 Å². The van der Waals surface area contributed by atoms with E-state index in [0.717, 1.165) is 19.4 Å². The van der Waals surface area contributed by atoms with Gasteiger partial charge in [0, 0.05) is 6.54 Å². The maximum Gasteiger partial charge on any atom is 0.261 e. The van der Waals surface area contributed by atoms with Gasteiger partial charge in [-0.2, -0.15) is 0 Å². The van der Waals surface area contributed by atoms with Gasteiger partial charge in [-0.1, -0.05) is 0 Å². The van der Waals surface area contributed by atoms with Crippen molar-refractivity contribution in [2.45, 2.75) is 31.5 Å². The van der Waals surface area contributed by atoms with E-state index >= 15 is 0 Å². The molecule has 1 rings (SSSR count). The molecule has 3 nitrogen and oxygen atoms in total. The van der Waals surface area contributed by atoms with Crippen molar-refractivity contribution >= 4 is 0 Å². The molecule has 1 heterocycles. The average molecular weight is 209 g/mol. The molecular weight excluding hydrogens is 192 g/mol. The molecule has 0 amide bonds. The van der Waals surface area contributed by atoms with Crippen molar-refractivity contribution in [3.05, 3.63) is 0 Å². The summed E-state index contributed by atoms with van der Waals surface area (Å²) in [5.41, 5.74) is 0. The Morgan fingerprint density at radius 2 is 2.14 bits per heavy atom. The van der Waals surface area contributed by atoms with Crippen LogP contribution in [0.5, 0.6) is 0 Å². The molecule has 1 aliphatic rings. The van der Waals surface area contributed by atoms with Crippen LogP contribution in [0.15, 0.2) is 0 Å². The highest BCUT2D eigenvalue weighted by molar-refractivity contribution is 4.74. The summed E-state index contributed by atoms with van der Waals surface area (Å²) in [6.07, 6.45) is -0.309. The Labute approximate surface area is 82.8 Å². The van der Waals surface area contributed by atoms with Crippen molar-refractivity contribution in [2.75, 3.05) is 26.8 Å². The fraction of sp³-hybridized carbons (Fsp3) is 1.00. The molecule has 0 saturated carbocycles. The third-order valence-electron chi connectivity index (χ3n) is 2.17. The van der Waals surface area contributed by atoms with Crippen molar-refractivity contribution in [1.29, 1.82) is 0 Å². The van der Waals surface area contributed by atoms with Gasteiger partial charge in [0.1, 0.15) is 6.61 Å². The Morgan fingerprint density at radius 1 is 1.43 bits per heavy atom. The third-order valence-corrected chi connectivity index (χ3v) is 2.17. The summed E-state index contributed by atoms with van der Waals surface area (Å²) < 4.78 is 33.8. The van der Waals surface area contributed by atoms with E-state index < -0.39 is 13.0 Å². The number of likely N-dealkylation sites (N-methyl/N-ethyl adjacent to an activating group) is 1. The first kappa shape index (κ1) is 11.8. The average Bonchev–Trinajstić information content (AvgIpc) is 2.53. The molecule has 2 atom stereocenters.